The topological polar surface area (TPSA) is 69.4 Å². The minimum atomic E-state index is -0.684. The van der Waals surface area contributed by atoms with Gasteiger partial charge in [-0.15, -0.1) is 0 Å². The van der Waals surface area contributed by atoms with Gasteiger partial charge in [0.15, 0.2) is 0 Å². The second-order valence-electron chi connectivity index (χ2n) is 3.09. The predicted molar refractivity (Wildman–Crippen MR) is 63.2 cm³/mol. The summed E-state index contributed by atoms with van der Waals surface area (Å²) in [5.41, 5.74) is -0.210. The zero-order chi connectivity index (χ0) is 12.8. The van der Waals surface area contributed by atoms with Crippen LogP contribution in [0.15, 0.2) is 30.4 Å². The molecule has 0 aliphatic heterocycles. The second kappa shape index (κ2) is 6.00. The lowest BCUT2D eigenvalue weighted by Gasteiger charge is -2.03. The molecule has 0 heterocycles. The molecule has 0 unspecified atom stereocenters. The zero-order valence-corrected chi connectivity index (χ0v) is 9.81. The quantitative estimate of drug-likeness (QED) is 0.359. The van der Waals surface area contributed by atoms with Gasteiger partial charge < -0.3 is 4.74 Å². The van der Waals surface area contributed by atoms with Gasteiger partial charge in [-0.2, -0.15) is 0 Å². The Kier molecular flexibility index (Phi) is 4.66. The summed E-state index contributed by atoms with van der Waals surface area (Å²) in [6.45, 7) is 1.89. The lowest BCUT2D eigenvalue weighted by atomic mass is 10.2. The van der Waals surface area contributed by atoms with Crippen molar-refractivity contribution in [1.29, 1.82) is 0 Å². The molecule has 0 saturated carbocycles. The number of hydrogen-bond donors (Lipinski definition) is 0. The zero-order valence-electron chi connectivity index (χ0n) is 9.05. The number of carbonyl (C=O) groups is 1. The Morgan fingerprint density at radius 3 is 2.88 bits per heavy atom. The number of allylic oxidation sites excluding steroid dienone is 1. The van der Waals surface area contributed by atoms with E-state index in [4.69, 9.17) is 16.3 Å². The minimum Gasteiger partial charge on any atom is -0.458 e. The molecule has 1 aromatic carbocycles. The fourth-order valence-corrected chi connectivity index (χ4v) is 1.28. The summed E-state index contributed by atoms with van der Waals surface area (Å²) >= 11 is 5.77. The Hall–Kier alpha value is -1.88. The van der Waals surface area contributed by atoms with Crippen LogP contribution in [0.4, 0.5) is 5.69 Å². The van der Waals surface area contributed by atoms with Gasteiger partial charge in [-0.3, -0.25) is 10.1 Å². The molecule has 1 rings (SSSR count). The van der Waals surface area contributed by atoms with Gasteiger partial charge in [-0.1, -0.05) is 23.8 Å². The van der Waals surface area contributed by atoms with Gasteiger partial charge in [0.05, 0.1) is 15.5 Å². The van der Waals surface area contributed by atoms with Crippen LogP contribution in [0.25, 0.3) is 0 Å². The number of halogens is 1. The molecule has 90 valence electrons. The van der Waals surface area contributed by atoms with Gasteiger partial charge in [0.1, 0.15) is 6.61 Å². The monoisotopic (exact) mass is 255 g/mol. The number of ether oxygens (including phenoxy) is 1. The Balaban J connectivity index is 2.92. The average molecular weight is 256 g/mol. The van der Waals surface area contributed by atoms with Crippen LogP contribution in [-0.4, -0.2) is 17.5 Å². The van der Waals surface area contributed by atoms with Crippen molar-refractivity contribution in [1.82, 2.24) is 0 Å². The van der Waals surface area contributed by atoms with Crippen LogP contribution < -0.4 is 0 Å². The Labute approximate surface area is 103 Å². The largest absolute Gasteiger partial charge is 0.458 e. The van der Waals surface area contributed by atoms with E-state index in [9.17, 15) is 14.9 Å². The molecule has 0 N–H and O–H groups in total. The van der Waals surface area contributed by atoms with Crippen LogP contribution in [-0.2, 0) is 4.74 Å². The number of rotatable bonds is 4. The number of nitro groups is 1. The third-order valence-corrected chi connectivity index (χ3v) is 2.26. The van der Waals surface area contributed by atoms with E-state index in [0.717, 1.165) is 6.07 Å². The summed E-state index contributed by atoms with van der Waals surface area (Å²) in [6, 6.07) is 3.62. The summed E-state index contributed by atoms with van der Waals surface area (Å²) in [5, 5.41) is 10.7. The first kappa shape index (κ1) is 13.2. The van der Waals surface area contributed by atoms with Crippen molar-refractivity contribution in [2.24, 2.45) is 0 Å². The molecular weight excluding hydrogens is 246 g/mol. The average Bonchev–Trinajstić information content (AvgIpc) is 2.29. The number of esters is 1. The highest BCUT2D eigenvalue weighted by Gasteiger charge is 2.16. The first-order valence-corrected chi connectivity index (χ1v) is 5.16. The fraction of sp³-hybridized carbons (Fsp3) is 0.182. The highest BCUT2D eigenvalue weighted by molar-refractivity contribution is 6.33. The second-order valence-corrected chi connectivity index (χ2v) is 3.50. The van der Waals surface area contributed by atoms with Crippen molar-refractivity contribution >= 4 is 23.3 Å². The van der Waals surface area contributed by atoms with E-state index in [0.29, 0.717) is 0 Å². The van der Waals surface area contributed by atoms with Crippen LogP contribution in [0.3, 0.4) is 0 Å². The summed E-state index contributed by atoms with van der Waals surface area (Å²) < 4.78 is 4.85. The SMILES string of the molecule is C/C=C/COC(=O)c1cc([N+](=O)[O-])ccc1Cl. The van der Waals surface area contributed by atoms with Crippen LogP contribution in [0, 0.1) is 10.1 Å². The maximum absolute atomic E-state index is 11.6. The molecule has 1 aromatic rings. The number of nitrogens with zero attached hydrogens (tertiary/aromatic N) is 1. The molecule has 6 heteroatoms. The molecule has 0 bridgehead atoms. The lowest BCUT2D eigenvalue weighted by Crippen LogP contribution is -2.06. The van der Waals surface area contributed by atoms with Crippen LogP contribution in [0.5, 0.6) is 0 Å². The van der Waals surface area contributed by atoms with Gasteiger partial charge in [-0.25, -0.2) is 4.79 Å². The van der Waals surface area contributed by atoms with Crippen molar-refractivity contribution in [2.75, 3.05) is 6.61 Å². The van der Waals surface area contributed by atoms with Crippen molar-refractivity contribution in [2.45, 2.75) is 6.92 Å². The van der Waals surface area contributed by atoms with Gasteiger partial charge in [-0.05, 0) is 13.0 Å². The summed E-state index contributed by atoms with van der Waals surface area (Å²) in [7, 11) is 0. The van der Waals surface area contributed by atoms with Crippen molar-refractivity contribution < 1.29 is 14.5 Å². The summed E-state index contributed by atoms with van der Waals surface area (Å²) in [6.07, 6.45) is 3.37. The van der Waals surface area contributed by atoms with E-state index >= 15 is 0 Å². The number of carbonyl (C=O) groups excluding carboxylic acids is 1. The van der Waals surface area contributed by atoms with E-state index in [1.165, 1.54) is 12.1 Å². The fourth-order valence-electron chi connectivity index (χ4n) is 1.08. The Bertz CT molecular complexity index is 471. The molecule has 0 aliphatic rings. The normalized spacial score (nSPS) is 10.5. The van der Waals surface area contributed by atoms with Crippen LogP contribution in [0.1, 0.15) is 17.3 Å². The first-order valence-electron chi connectivity index (χ1n) is 4.78. The Morgan fingerprint density at radius 1 is 1.59 bits per heavy atom. The third kappa shape index (κ3) is 3.57. The molecule has 17 heavy (non-hydrogen) atoms. The number of non-ortho nitro benzene ring substituents is 1. The van der Waals surface area contributed by atoms with Crippen molar-refractivity contribution in [3.63, 3.8) is 0 Å². The smallest absolute Gasteiger partial charge is 0.340 e. The van der Waals surface area contributed by atoms with E-state index in [2.05, 4.69) is 0 Å². The van der Waals surface area contributed by atoms with Gasteiger partial charge in [0.25, 0.3) is 5.69 Å². The first-order chi connectivity index (χ1) is 8.06. The lowest BCUT2D eigenvalue weighted by molar-refractivity contribution is -0.384. The standard InChI is InChI=1S/C11H10ClNO4/c1-2-3-6-17-11(14)9-7-8(13(15)16)4-5-10(9)12/h2-5,7H,6H2,1H3/b3-2+. The maximum Gasteiger partial charge on any atom is 0.340 e. The molecule has 5 nitrogen and oxygen atoms in total. The molecule has 0 atom stereocenters. The van der Waals surface area contributed by atoms with Crippen LogP contribution in [0.2, 0.25) is 5.02 Å². The molecule has 0 radical (unpaired) electrons. The maximum atomic E-state index is 11.6. The highest BCUT2D eigenvalue weighted by Crippen LogP contribution is 2.22. The predicted octanol–water partition coefficient (Wildman–Crippen LogP) is 2.98. The van der Waals surface area contributed by atoms with E-state index in [1.54, 1.807) is 19.1 Å². The Morgan fingerprint density at radius 2 is 2.29 bits per heavy atom. The van der Waals surface area contributed by atoms with Gasteiger partial charge in [0, 0.05) is 12.1 Å². The number of benzene rings is 1. The highest BCUT2D eigenvalue weighted by atomic mass is 35.5. The number of hydrogen-bond acceptors (Lipinski definition) is 4. The molecule has 0 aliphatic carbocycles. The van der Waals surface area contributed by atoms with Gasteiger partial charge >= 0.3 is 5.97 Å². The minimum absolute atomic E-state index is 0.00892. The molecule has 0 amide bonds. The summed E-state index contributed by atoms with van der Waals surface area (Å²) in [5.74, 6) is -0.684. The molecule has 0 spiro atoms. The van der Waals surface area contributed by atoms with E-state index in [-0.39, 0.29) is 22.9 Å². The van der Waals surface area contributed by atoms with Crippen LogP contribution >= 0.6 is 11.6 Å². The van der Waals surface area contributed by atoms with E-state index in [1.807, 2.05) is 0 Å². The van der Waals surface area contributed by atoms with Crippen molar-refractivity contribution in [3.8, 4) is 0 Å². The molecule has 0 saturated heterocycles. The molecule has 0 aromatic heterocycles. The molecular formula is C11H10ClNO4. The molecule has 0 fully saturated rings. The van der Waals surface area contributed by atoms with Gasteiger partial charge in [0.2, 0.25) is 0 Å². The third-order valence-electron chi connectivity index (χ3n) is 1.93. The van der Waals surface area contributed by atoms with Crippen molar-refractivity contribution in [3.05, 3.63) is 51.1 Å². The number of nitro benzene ring substituents is 1. The summed E-state index contributed by atoms with van der Waals surface area (Å²) in [4.78, 5) is 21.5. The van der Waals surface area contributed by atoms with E-state index < -0.39 is 10.9 Å².